The van der Waals surface area contributed by atoms with Crippen LogP contribution in [-0.2, 0) is 11.2 Å². The largest absolute Gasteiger partial charge is 0.485 e. The number of benzene rings is 2. The maximum Gasteiger partial charge on any atom is 0.264 e. The van der Waals surface area contributed by atoms with Crippen molar-refractivity contribution in [3.8, 4) is 11.5 Å². The molecule has 0 spiro atoms. The van der Waals surface area contributed by atoms with Gasteiger partial charge in [-0.15, -0.1) is 0 Å². The van der Waals surface area contributed by atoms with Crippen molar-refractivity contribution in [2.75, 3.05) is 13.2 Å². The molecule has 118 valence electrons. The fraction of sp³-hybridized carbons (Fsp3) is 0.222. The molecule has 1 atom stereocenters. The summed E-state index contributed by atoms with van der Waals surface area (Å²) < 4.78 is 11.2. The summed E-state index contributed by atoms with van der Waals surface area (Å²) in [6.45, 7) is 0.673. The van der Waals surface area contributed by atoms with Gasteiger partial charge in [-0.1, -0.05) is 30.3 Å². The summed E-state index contributed by atoms with van der Waals surface area (Å²) in [7, 11) is 0. The summed E-state index contributed by atoms with van der Waals surface area (Å²) in [6.07, 6.45) is 0.825. The van der Waals surface area contributed by atoms with E-state index in [-0.39, 0.29) is 12.5 Å². The van der Waals surface area contributed by atoms with Crippen LogP contribution in [0.3, 0.4) is 0 Å². The first kappa shape index (κ1) is 15.1. The van der Waals surface area contributed by atoms with Crippen LogP contribution in [0.5, 0.6) is 11.5 Å². The van der Waals surface area contributed by atoms with E-state index in [1.54, 1.807) is 18.2 Å². The third kappa shape index (κ3) is 3.69. The molecule has 0 saturated carbocycles. The number of ether oxygens (including phenoxy) is 2. The highest BCUT2D eigenvalue weighted by molar-refractivity contribution is 5.82. The average molecular weight is 311 g/mol. The van der Waals surface area contributed by atoms with Crippen LogP contribution in [0.15, 0.2) is 48.5 Å². The maximum atomic E-state index is 12.1. The Morgan fingerprint density at radius 3 is 2.78 bits per heavy atom. The van der Waals surface area contributed by atoms with Crippen molar-refractivity contribution < 1.29 is 19.1 Å². The highest BCUT2D eigenvalue weighted by Gasteiger charge is 2.27. The first-order chi connectivity index (χ1) is 11.3. The number of carbonyl (C=O) groups excluding carboxylic acids is 2. The lowest BCUT2D eigenvalue weighted by atomic mass is 10.1. The average Bonchev–Trinajstić information content (AvgIpc) is 2.61. The molecule has 0 fully saturated rings. The Hall–Kier alpha value is -2.82. The second-order valence-corrected chi connectivity index (χ2v) is 5.27. The lowest BCUT2D eigenvalue weighted by molar-refractivity contribution is -0.130. The highest BCUT2D eigenvalue weighted by atomic mass is 16.6. The van der Waals surface area contributed by atoms with Gasteiger partial charge in [0.15, 0.2) is 11.5 Å². The monoisotopic (exact) mass is 311 g/mol. The Morgan fingerprint density at radius 2 is 2.00 bits per heavy atom. The predicted octanol–water partition coefficient (Wildman–Crippen LogP) is 2.00. The van der Waals surface area contributed by atoms with E-state index in [0.717, 1.165) is 12.7 Å². The van der Waals surface area contributed by atoms with Crippen LogP contribution >= 0.6 is 0 Å². The molecule has 0 radical (unpaired) electrons. The Morgan fingerprint density at radius 1 is 1.17 bits per heavy atom. The van der Waals surface area contributed by atoms with E-state index in [4.69, 9.17) is 9.47 Å². The van der Waals surface area contributed by atoms with Gasteiger partial charge in [0.2, 0.25) is 6.10 Å². The topological polar surface area (TPSA) is 64.6 Å². The smallest absolute Gasteiger partial charge is 0.264 e. The lowest BCUT2D eigenvalue weighted by Gasteiger charge is -2.25. The summed E-state index contributed by atoms with van der Waals surface area (Å²) in [5.41, 5.74) is 1.68. The third-order valence-corrected chi connectivity index (χ3v) is 3.61. The van der Waals surface area contributed by atoms with Crippen molar-refractivity contribution in [3.63, 3.8) is 0 Å². The van der Waals surface area contributed by atoms with Gasteiger partial charge in [-0.3, -0.25) is 9.59 Å². The summed E-state index contributed by atoms with van der Waals surface area (Å²) in [5, 5.41) is 2.85. The molecule has 1 heterocycles. The molecule has 0 unspecified atom stereocenters. The normalized spacial score (nSPS) is 15.7. The van der Waals surface area contributed by atoms with Gasteiger partial charge in [0.1, 0.15) is 12.9 Å². The molecule has 0 aliphatic carbocycles. The van der Waals surface area contributed by atoms with Crippen LogP contribution in [0.2, 0.25) is 0 Å². The van der Waals surface area contributed by atoms with Gasteiger partial charge in [-0.05, 0) is 30.2 Å². The molecule has 3 rings (SSSR count). The molecule has 1 amide bonds. The highest BCUT2D eigenvalue weighted by Crippen LogP contribution is 2.32. The Balaban J connectivity index is 1.53. The van der Waals surface area contributed by atoms with E-state index in [2.05, 4.69) is 5.32 Å². The van der Waals surface area contributed by atoms with E-state index < -0.39 is 6.10 Å². The van der Waals surface area contributed by atoms with Crippen molar-refractivity contribution in [2.45, 2.75) is 12.5 Å². The zero-order valence-corrected chi connectivity index (χ0v) is 12.5. The fourth-order valence-corrected chi connectivity index (χ4v) is 2.38. The van der Waals surface area contributed by atoms with Gasteiger partial charge < -0.3 is 14.8 Å². The minimum absolute atomic E-state index is 0.131. The molecule has 0 bridgehead atoms. The maximum absolute atomic E-state index is 12.1. The van der Waals surface area contributed by atoms with Gasteiger partial charge in [-0.2, -0.15) is 0 Å². The van der Waals surface area contributed by atoms with E-state index in [9.17, 15) is 9.59 Å². The van der Waals surface area contributed by atoms with Gasteiger partial charge >= 0.3 is 0 Å². The molecule has 2 aromatic rings. The zero-order valence-electron chi connectivity index (χ0n) is 12.5. The number of amides is 1. The summed E-state index contributed by atoms with van der Waals surface area (Å²) in [6, 6.07) is 14.8. The van der Waals surface area contributed by atoms with Crippen LogP contribution in [0.4, 0.5) is 0 Å². The number of hydrogen-bond acceptors (Lipinski definition) is 4. The minimum Gasteiger partial charge on any atom is -0.485 e. The second kappa shape index (κ2) is 6.96. The molecule has 0 aromatic heterocycles. The van der Waals surface area contributed by atoms with Crippen molar-refractivity contribution in [2.24, 2.45) is 0 Å². The third-order valence-electron chi connectivity index (χ3n) is 3.61. The lowest BCUT2D eigenvalue weighted by Crippen LogP contribution is -2.44. The van der Waals surface area contributed by atoms with E-state index >= 15 is 0 Å². The van der Waals surface area contributed by atoms with E-state index in [0.29, 0.717) is 23.6 Å². The fourth-order valence-electron chi connectivity index (χ4n) is 2.38. The van der Waals surface area contributed by atoms with Crippen LogP contribution in [-0.4, -0.2) is 31.4 Å². The number of fused-ring (bicyclic) bond motifs is 1. The molecule has 2 aromatic carbocycles. The first-order valence-corrected chi connectivity index (χ1v) is 7.46. The van der Waals surface area contributed by atoms with E-state index in [1.165, 1.54) is 5.56 Å². The van der Waals surface area contributed by atoms with Gasteiger partial charge in [0.25, 0.3) is 5.91 Å². The van der Waals surface area contributed by atoms with Crippen molar-refractivity contribution in [1.82, 2.24) is 5.32 Å². The number of rotatable bonds is 5. The van der Waals surface area contributed by atoms with Gasteiger partial charge in [0.05, 0.1) is 0 Å². The second-order valence-electron chi connectivity index (χ2n) is 5.27. The summed E-state index contributed by atoms with van der Waals surface area (Å²) >= 11 is 0. The molecule has 1 aliphatic rings. The molecule has 5 nitrogen and oxygen atoms in total. The van der Waals surface area contributed by atoms with E-state index in [1.807, 2.05) is 30.3 Å². The Labute approximate surface area is 134 Å². The van der Waals surface area contributed by atoms with Crippen LogP contribution in [0.1, 0.15) is 15.9 Å². The molecular weight excluding hydrogens is 294 g/mol. The number of carbonyl (C=O) groups is 2. The van der Waals surface area contributed by atoms with Crippen LogP contribution in [0.25, 0.3) is 0 Å². The molecular formula is C18H17NO4. The number of hydrogen-bond donors (Lipinski definition) is 1. The van der Waals surface area contributed by atoms with Crippen LogP contribution in [0, 0.1) is 0 Å². The number of nitrogens with one attached hydrogen (secondary N) is 1. The molecule has 5 heteroatoms. The van der Waals surface area contributed by atoms with Crippen LogP contribution < -0.4 is 14.8 Å². The van der Waals surface area contributed by atoms with Gasteiger partial charge in [-0.25, -0.2) is 0 Å². The predicted molar refractivity (Wildman–Crippen MR) is 84.9 cm³/mol. The Kier molecular flexibility index (Phi) is 4.57. The van der Waals surface area contributed by atoms with Gasteiger partial charge in [0, 0.05) is 12.1 Å². The van der Waals surface area contributed by atoms with Crippen molar-refractivity contribution >= 4 is 12.2 Å². The quantitative estimate of drug-likeness (QED) is 0.858. The molecule has 1 N–H and O–H groups in total. The molecule has 1 aliphatic heterocycles. The standard InChI is InChI=1S/C18H17NO4/c20-11-14-6-7-15-16(10-14)22-12-17(23-15)18(21)19-9-8-13-4-2-1-3-5-13/h1-7,10-11,17H,8-9,12H2,(H,19,21)/t17-/m1/s1. The SMILES string of the molecule is O=Cc1ccc2c(c1)OC[C@H](C(=O)NCCc1ccccc1)O2. The summed E-state index contributed by atoms with van der Waals surface area (Å²) in [5.74, 6) is 0.763. The summed E-state index contributed by atoms with van der Waals surface area (Å²) in [4.78, 5) is 22.9. The number of aldehydes is 1. The van der Waals surface area contributed by atoms with Crippen molar-refractivity contribution in [1.29, 1.82) is 0 Å². The minimum atomic E-state index is -0.680. The first-order valence-electron chi connectivity index (χ1n) is 7.46. The Bertz CT molecular complexity index is 699. The van der Waals surface area contributed by atoms with Crippen molar-refractivity contribution in [3.05, 3.63) is 59.7 Å². The molecule has 0 saturated heterocycles. The zero-order chi connectivity index (χ0) is 16.1. The molecule has 23 heavy (non-hydrogen) atoms.